The van der Waals surface area contributed by atoms with E-state index in [4.69, 9.17) is 46.9 Å². The van der Waals surface area contributed by atoms with Gasteiger partial charge in [0.25, 0.3) is 0 Å². The third-order valence-electron chi connectivity index (χ3n) is 0. The van der Waals surface area contributed by atoms with E-state index >= 15 is 0 Å². The fourth-order valence-electron chi connectivity index (χ4n) is 0. The van der Waals surface area contributed by atoms with Crippen molar-refractivity contribution in [2.45, 2.75) is 0 Å². The Labute approximate surface area is 96.2 Å². The zero-order valence-electron chi connectivity index (χ0n) is 5.91. The van der Waals surface area contributed by atoms with E-state index in [1.807, 2.05) is 0 Å². The monoisotopic (exact) mass is 415 g/mol. The normalized spacial score (nSPS) is 5.54. The fourth-order valence-corrected chi connectivity index (χ4v) is 0. The average Bonchev–Trinajstić information content (AvgIpc) is 1.54. The second kappa shape index (κ2) is 17.1. The van der Waals surface area contributed by atoms with Crippen molar-refractivity contribution in [1.29, 1.82) is 0 Å². The molecular weight excluding hydrogens is 412 g/mol. The Balaban J connectivity index is -0.0000000450. The van der Waals surface area contributed by atoms with Gasteiger partial charge in [0.05, 0.1) is 0 Å². The molecule has 0 spiro atoms. The maximum Gasteiger partial charge on any atom is 6.00 e. The molecule has 0 aromatic rings. The van der Waals surface area contributed by atoms with Gasteiger partial charge in [0.1, 0.15) is 0 Å². The summed E-state index contributed by atoms with van der Waals surface area (Å²) in [7, 11) is 0. The van der Waals surface area contributed by atoms with Crippen LogP contribution in [0.15, 0.2) is 0 Å². The van der Waals surface area contributed by atoms with Crippen molar-refractivity contribution in [2.75, 3.05) is 0 Å². The maximum absolute atomic E-state index is 8.56. The molecular formula is C3H3N3O6U. The van der Waals surface area contributed by atoms with Crippen LogP contribution >= 0.6 is 0 Å². The smallest absolute Gasteiger partial charge is 1.45 e. The third kappa shape index (κ3) is 659. The number of hydrogen-bond donors (Lipinski definition) is 3. The third-order valence-corrected chi connectivity index (χ3v) is 0. The minimum absolute atomic E-state index is 0. The van der Waals surface area contributed by atoms with Crippen molar-refractivity contribution in [1.82, 2.24) is 0 Å². The first-order valence-corrected chi connectivity index (χ1v) is 1.95. The summed E-state index contributed by atoms with van der Waals surface area (Å²) in [6, 6.07) is 0. The predicted octanol–water partition coefficient (Wildman–Crippen LogP) is 1.51. The van der Waals surface area contributed by atoms with Crippen molar-refractivity contribution in [3.63, 3.8) is 0 Å². The van der Waals surface area contributed by atoms with E-state index in [9.17, 15) is 0 Å². The number of nitrogens with zero attached hydrogens (tertiary/aromatic N) is 3. The maximum atomic E-state index is 8.56. The molecule has 0 aliphatic heterocycles. The summed E-state index contributed by atoms with van der Waals surface area (Å²) in [6.45, 7) is 0. The van der Waals surface area contributed by atoms with Gasteiger partial charge in [0, 0.05) is 18.3 Å². The summed E-state index contributed by atoms with van der Waals surface area (Å²) in [5, 5.41) is 20.9. The van der Waals surface area contributed by atoms with Gasteiger partial charge in [-0.15, -0.1) is 0 Å². The van der Waals surface area contributed by atoms with E-state index in [0.717, 1.165) is 0 Å². The number of carboxylic acid groups (broad SMARTS) is 3. The van der Waals surface area contributed by atoms with E-state index in [0.29, 0.717) is 0 Å². The number of rotatable bonds is 0. The quantitative estimate of drug-likeness (QED) is 0.539. The standard InChI is InChI=1S/3CHNO2.U/c3*2-1(3)4;/h3*(H,3,4);/q3*-2;+6. The molecule has 9 nitrogen and oxygen atoms in total. The zero-order valence-corrected chi connectivity index (χ0v) is 10.1. The topological polar surface area (TPSA) is 179 Å². The van der Waals surface area contributed by atoms with Crippen LogP contribution < -0.4 is 0 Å². The van der Waals surface area contributed by atoms with E-state index in [2.05, 4.69) is 0 Å². The first-order valence-electron chi connectivity index (χ1n) is 1.95. The van der Waals surface area contributed by atoms with Gasteiger partial charge < -0.3 is 46.9 Å². The number of hydrogen-bond acceptors (Lipinski definition) is 3. The van der Waals surface area contributed by atoms with Gasteiger partial charge in [-0.05, 0) is 0 Å². The van der Waals surface area contributed by atoms with Crippen LogP contribution in [0.25, 0.3) is 17.2 Å². The molecule has 70 valence electrons. The molecule has 0 aliphatic rings. The van der Waals surface area contributed by atoms with Crippen molar-refractivity contribution < 1.29 is 60.8 Å². The minimum Gasteiger partial charge on any atom is -1.45 e. The van der Waals surface area contributed by atoms with Crippen molar-refractivity contribution in [3.05, 3.63) is 17.2 Å². The van der Waals surface area contributed by atoms with Crippen LogP contribution in [0.4, 0.5) is 14.4 Å². The molecule has 0 aliphatic carbocycles. The van der Waals surface area contributed by atoms with Crippen LogP contribution in [0.5, 0.6) is 0 Å². The minimum atomic E-state index is -1.83. The summed E-state index contributed by atoms with van der Waals surface area (Å²) in [5.74, 6) is 0. The summed E-state index contributed by atoms with van der Waals surface area (Å²) < 4.78 is 0. The second-order valence-corrected chi connectivity index (χ2v) is 0.848. The molecule has 13 heavy (non-hydrogen) atoms. The van der Waals surface area contributed by atoms with Crippen molar-refractivity contribution >= 4 is 18.3 Å². The molecule has 0 heterocycles. The second-order valence-electron chi connectivity index (χ2n) is 0.848. The fraction of sp³-hybridized carbons (Fsp3) is 0. The van der Waals surface area contributed by atoms with E-state index in [1.54, 1.807) is 0 Å². The number of amides is 3. The van der Waals surface area contributed by atoms with E-state index in [1.165, 1.54) is 0 Å². The molecule has 0 saturated carbocycles. The molecule has 0 saturated heterocycles. The molecule has 10 heteroatoms. The molecule has 0 aromatic heterocycles. The molecule has 0 aromatic carbocycles. The van der Waals surface area contributed by atoms with Gasteiger partial charge in [0.2, 0.25) is 0 Å². The molecule has 0 rings (SSSR count). The Morgan fingerprint density at radius 2 is 0.692 bits per heavy atom. The van der Waals surface area contributed by atoms with Crippen molar-refractivity contribution in [3.8, 4) is 0 Å². The molecule has 0 bridgehead atoms. The van der Waals surface area contributed by atoms with Crippen LogP contribution in [0.1, 0.15) is 0 Å². The Morgan fingerprint density at radius 1 is 0.692 bits per heavy atom. The largest absolute Gasteiger partial charge is 6.00 e. The first kappa shape index (κ1) is 22.6. The van der Waals surface area contributed by atoms with E-state index < -0.39 is 18.3 Å². The summed E-state index contributed by atoms with van der Waals surface area (Å²) in [5.41, 5.74) is 20.9. The summed E-state index contributed by atoms with van der Waals surface area (Å²) in [4.78, 5) is 25.7. The van der Waals surface area contributed by atoms with E-state index in [-0.39, 0.29) is 31.1 Å². The molecule has 0 fully saturated rings. The van der Waals surface area contributed by atoms with Crippen LogP contribution in [-0.2, 0) is 0 Å². The van der Waals surface area contributed by atoms with Crippen LogP contribution in [0.2, 0.25) is 0 Å². The van der Waals surface area contributed by atoms with Crippen LogP contribution in [0.3, 0.4) is 0 Å². The van der Waals surface area contributed by atoms with Gasteiger partial charge in [-0.3, -0.25) is 0 Å². The first-order chi connectivity index (χ1) is 5.20. The molecule has 3 amide bonds. The Bertz CT molecular complexity index is 121. The van der Waals surface area contributed by atoms with Crippen molar-refractivity contribution in [2.24, 2.45) is 0 Å². The molecule has 0 unspecified atom stereocenters. The Morgan fingerprint density at radius 3 is 0.692 bits per heavy atom. The molecule has 0 atom stereocenters. The molecule has 0 radical (unpaired) electrons. The Hall–Kier alpha value is -1.14. The van der Waals surface area contributed by atoms with Gasteiger partial charge >= 0.3 is 31.1 Å². The summed E-state index contributed by atoms with van der Waals surface area (Å²) >= 11 is 0. The van der Waals surface area contributed by atoms with Gasteiger partial charge in [0.15, 0.2) is 0 Å². The molecule has 3 N–H and O–H groups in total. The number of carbonyl (C=O) groups is 3. The van der Waals surface area contributed by atoms with Crippen LogP contribution in [-0.4, -0.2) is 33.6 Å². The average molecular weight is 415 g/mol. The summed E-state index contributed by atoms with van der Waals surface area (Å²) in [6.07, 6.45) is -5.50. The van der Waals surface area contributed by atoms with Gasteiger partial charge in [-0.1, -0.05) is 0 Å². The van der Waals surface area contributed by atoms with Gasteiger partial charge in [-0.25, -0.2) is 0 Å². The predicted molar refractivity (Wildman–Crippen MR) is 34.2 cm³/mol. The Kier molecular flexibility index (Phi) is 29.8. The van der Waals surface area contributed by atoms with Gasteiger partial charge in [-0.2, -0.15) is 0 Å². The van der Waals surface area contributed by atoms with Crippen LogP contribution in [0, 0.1) is 31.1 Å². The zero-order chi connectivity index (χ0) is 10.7. The SMILES string of the molecule is [N-2]C(=O)O.[N-2]C(=O)O.[N-2]C(=O)O.[U+6].